The molecule has 0 aromatic carbocycles. The molecule has 58 valence electrons. The van der Waals surface area contributed by atoms with Gasteiger partial charge in [-0.1, -0.05) is 0 Å². The van der Waals surface area contributed by atoms with Crippen LogP contribution in [0.15, 0.2) is 0 Å². The van der Waals surface area contributed by atoms with Crippen LogP contribution in [0.4, 0.5) is 4.79 Å². The summed E-state index contributed by atoms with van der Waals surface area (Å²) in [4.78, 5) is 21.2. The second-order valence-corrected chi connectivity index (χ2v) is 1.75. The molecule has 10 heavy (non-hydrogen) atoms. The highest BCUT2D eigenvalue weighted by Crippen LogP contribution is 1.77. The number of carbonyl (C=O) groups excluding carboxylic acids is 2. The van der Waals surface area contributed by atoms with Gasteiger partial charge in [-0.3, -0.25) is 4.79 Å². The Morgan fingerprint density at radius 2 is 2.40 bits per heavy atom. The molecule has 5 nitrogen and oxygen atoms in total. The largest absolute Gasteiger partial charge is 0.448 e. The second-order valence-electron chi connectivity index (χ2n) is 1.75. The zero-order valence-corrected chi connectivity index (χ0v) is 5.74. The third-order valence-electron chi connectivity index (χ3n) is 0.868. The first kappa shape index (κ1) is 8.74. The maximum absolute atomic E-state index is 9.96. The standard InChI is InChI=1S/C5H10N2O3/c1-7(4-8)2-3-10-5(6)9/h4H,2-3H2,1H3,(H2,6,9). The van der Waals surface area contributed by atoms with Crippen molar-refractivity contribution in [3.05, 3.63) is 0 Å². The molecular formula is C5H10N2O3. The predicted molar refractivity (Wildman–Crippen MR) is 34.2 cm³/mol. The van der Waals surface area contributed by atoms with Gasteiger partial charge >= 0.3 is 6.09 Å². The van der Waals surface area contributed by atoms with Crippen molar-refractivity contribution in [2.45, 2.75) is 0 Å². The quantitative estimate of drug-likeness (QED) is 0.526. The van der Waals surface area contributed by atoms with Crippen molar-refractivity contribution in [3.63, 3.8) is 0 Å². The van der Waals surface area contributed by atoms with Crippen LogP contribution in [0.2, 0.25) is 0 Å². The van der Waals surface area contributed by atoms with Crippen LogP contribution in [-0.4, -0.2) is 37.6 Å². The van der Waals surface area contributed by atoms with Crippen LogP contribution in [0.5, 0.6) is 0 Å². The van der Waals surface area contributed by atoms with E-state index in [0.29, 0.717) is 13.0 Å². The van der Waals surface area contributed by atoms with Crippen molar-refractivity contribution in [1.82, 2.24) is 4.90 Å². The smallest absolute Gasteiger partial charge is 0.404 e. The summed E-state index contributed by atoms with van der Waals surface area (Å²) in [5, 5.41) is 0. The minimum atomic E-state index is -0.820. The molecule has 2 N–H and O–H groups in total. The van der Waals surface area contributed by atoms with Crippen LogP contribution in [0, 0.1) is 0 Å². The zero-order chi connectivity index (χ0) is 7.98. The lowest BCUT2D eigenvalue weighted by atomic mass is 10.6. The van der Waals surface area contributed by atoms with E-state index in [0.717, 1.165) is 0 Å². The van der Waals surface area contributed by atoms with Gasteiger partial charge in [-0.2, -0.15) is 0 Å². The number of hydrogen-bond donors (Lipinski definition) is 1. The summed E-state index contributed by atoms with van der Waals surface area (Å²) < 4.78 is 4.35. The van der Waals surface area contributed by atoms with Gasteiger partial charge in [0, 0.05) is 7.05 Å². The molecule has 0 aliphatic carbocycles. The van der Waals surface area contributed by atoms with Gasteiger partial charge in [0.1, 0.15) is 6.61 Å². The molecule has 0 aromatic rings. The lowest BCUT2D eigenvalue weighted by molar-refractivity contribution is -0.117. The summed E-state index contributed by atoms with van der Waals surface area (Å²) in [5.41, 5.74) is 4.65. The maximum Gasteiger partial charge on any atom is 0.404 e. The van der Waals surface area contributed by atoms with Gasteiger partial charge in [0.15, 0.2) is 0 Å². The number of likely N-dealkylation sites (N-methyl/N-ethyl adjacent to an activating group) is 1. The number of nitrogens with two attached hydrogens (primary N) is 1. The molecule has 0 radical (unpaired) electrons. The Labute approximate surface area is 58.7 Å². The van der Waals surface area contributed by atoms with Crippen molar-refractivity contribution in [2.75, 3.05) is 20.2 Å². The van der Waals surface area contributed by atoms with E-state index in [4.69, 9.17) is 0 Å². The monoisotopic (exact) mass is 146 g/mol. The number of primary amides is 1. The molecule has 0 atom stereocenters. The Bertz CT molecular complexity index is 126. The molecule has 0 saturated heterocycles. The van der Waals surface area contributed by atoms with Gasteiger partial charge in [-0.05, 0) is 0 Å². The number of rotatable bonds is 4. The fourth-order valence-electron chi connectivity index (χ4n) is 0.343. The predicted octanol–water partition coefficient (Wildman–Crippen LogP) is -0.830. The van der Waals surface area contributed by atoms with Gasteiger partial charge in [0.2, 0.25) is 6.41 Å². The van der Waals surface area contributed by atoms with E-state index in [9.17, 15) is 9.59 Å². The molecule has 0 rings (SSSR count). The van der Waals surface area contributed by atoms with Gasteiger partial charge in [0.05, 0.1) is 6.54 Å². The van der Waals surface area contributed by atoms with Crippen molar-refractivity contribution < 1.29 is 14.3 Å². The Balaban J connectivity index is 3.19. The Morgan fingerprint density at radius 3 is 2.80 bits per heavy atom. The molecule has 0 aromatic heterocycles. The number of nitrogens with zero attached hydrogens (tertiary/aromatic N) is 1. The molecule has 2 amide bonds. The number of ether oxygens (including phenoxy) is 1. The molecular weight excluding hydrogens is 136 g/mol. The zero-order valence-electron chi connectivity index (χ0n) is 5.74. The van der Waals surface area contributed by atoms with Crippen LogP contribution in [-0.2, 0) is 9.53 Å². The summed E-state index contributed by atoms with van der Waals surface area (Å²) in [6.45, 7) is 0.511. The normalized spacial score (nSPS) is 8.50. The molecule has 0 unspecified atom stereocenters. The third kappa shape index (κ3) is 4.89. The average molecular weight is 146 g/mol. The molecule has 0 heterocycles. The van der Waals surface area contributed by atoms with Gasteiger partial charge in [-0.15, -0.1) is 0 Å². The number of carbonyl (C=O) groups is 2. The summed E-state index contributed by atoms with van der Waals surface area (Å²) in [7, 11) is 1.58. The van der Waals surface area contributed by atoms with Crippen molar-refractivity contribution in [2.24, 2.45) is 5.73 Å². The maximum atomic E-state index is 9.96. The summed E-state index contributed by atoms with van der Waals surface area (Å²) in [6, 6.07) is 0. The topological polar surface area (TPSA) is 72.6 Å². The Morgan fingerprint density at radius 1 is 1.80 bits per heavy atom. The first-order valence-corrected chi connectivity index (χ1v) is 2.74. The Hall–Kier alpha value is -1.26. The van der Waals surface area contributed by atoms with Crippen LogP contribution in [0.1, 0.15) is 0 Å². The van der Waals surface area contributed by atoms with Crippen molar-refractivity contribution >= 4 is 12.5 Å². The van der Waals surface area contributed by atoms with Crippen molar-refractivity contribution in [3.8, 4) is 0 Å². The highest BCUT2D eigenvalue weighted by atomic mass is 16.5. The fraction of sp³-hybridized carbons (Fsp3) is 0.600. The summed E-state index contributed by atoms with van der Waals surface area (Å²) >= 11 is 0. The van der Waals surface area contributed by atoms with E-state index >= 15 is 0 Å². The second kappa shape index (κ2) is 4.60. The van der Waals surface area contributed by atoms with E-state index < -0.39 is 6.09 Å². The lowest BCUT2D eigenvalue weighted by Gasteiger charge is -2.08. The molecule has 0 aliphatic heterocycles. The SMILES string of the molecule is CN(C=O)CCOC(N)=O. The molecule has 0 spiro atoms. The lowest BCUT2D eigenvalue weighted by Crippen LogP contribution is -2.24. The van der Waals surface area contributed by atoms with Crippen LogP contribution in [0.3, 0.4) is 0 Å². The number of hydrogen-bond acceptors (Lipinski definition) is 3. The van der Waals surface area contributed by atoms with Crippen LogP contribution < -0.4 is 5.73 Å². The van der Waals surface area contributed by atoms with Crippen molar-refractivity contribution in [1.29, 1.82) is 0 Å². The van der Waals surface area contributed by atoms with Crippen LogP contribution in [0.25, 0.3) is 0 Å². The highest BCUT2D eigenvalue weighted by molar-refractivity contribution is 5.64. The van der Waals surface area contributed by atoms with Gasteiger partial charge in [0.25, 0.3) is 0 Å². The van der Waals surface area contributed by atoms with E-state index in [-0.39, 0.29) is 6.61 Å². The molecule has 0 bridgehead atoms. The minimum Gasteiger partial charge on any atom is -0.448 e. The van der Waals surface area contributed by atoms with Gasteiger partial charge in [-0.25, -0.2) is 4.79 Å². The third-order valence-corrected chi connectivity index (χ3v) is 0.868. The van der Waals surface area contributed by atoms with E-state index in [1.165, 1.54) is 4.90 Å². The molecule has 0 saturated carbocycles. The first-order chi connectivity index (χ1) is 4.66. The first-order valence-electron chi connectivity index (χ1n) is 2.74. The summed E-state index contributed by atoms with van der Waals surface area (Å²) in [6.07, 6.45) is -0.177. The molecule has 0 aliphatic rings. The number of amides is 2. The van der Waals surface area contributed by atoms with E-state index in [1.807, 2.05) is 0 Å². The molecule has 0 fully saturated rings. The van der Waals surface area contributed by atoms with E-state index in [1.54, 1.807) is 7.05 Å². The van der Waals surface area contributed by atoms with Crippen LogP contribution >= 0.6 is 0 Å². The highest BCUT2D eigenvalue weighted by Gasteiger charge is 1.95. The Kier molecular flexibility index (Phi) is 4.02. The summed E-state index contributed by atoms with van der Waals surface area (Å²) in [5.74, 6) is 0. The average Bonchev–Trinajstić information content (AvgIpc) is 1.87. The molecule has 5 heteroatoms. The van der Waals surface area contributed by atoms with E-state index in [2.05, 4.69) is 10.5 Å². The minimum absolute atomic E-state index is 0.143. The fourth-order valence-corrected chi connectivity index (χ4v) is 0.343. The van der Waals surface area contributed by atoms with Gasteiger partial charge < -0.3 is 15.4 Å².